The van der Waals surface area contributed by atoms with E-state index in [-0.39, 0.29) is 6.04 Å². The minimum absolute atomic E-state index is 0.202. The van der Waals surface area contributed by atoms with E-state index in [9.17, 15) is 0 Å². The third kappa shape index (κ3) is 3.19. The SMILES string of the molecule is C[C@@H]1COCCN1[C@H]1CCc2ccccc2[C@@H]1Nc1ncnc2[nH]c(C3CC3)cc12. The molecular formula is C24H29N5O. The van der Waals surface area contributed by atoms with Gasteiger partial charge in [-0.2, -0.15) is 0 Å². The summed E-state index contributed by atoms with van der Waals surface area (Å²) >= 11 is 0. The molecule has 156 valence electrons. The van der Waals surface area contributed by atoms with Crippen LogP contribution in [0.1, 0.15) is 55.0 Å². The van der Waals surface area contributed by atoms with E-state index in [0.717, 1.165) is 49.5 Å². The van der Waals surface area contributed by atoms with Gasteiger partial charge < -0.3 is 15.0 Å². The minimum Gasteiger partial charge on any atom is -0.379 e. The Labute approximate surface area is 177 Å². The lowest BCUT2D eigenvalue weighted by atomic mass is 9.82. The van der Waals surface area contributed by atoms with Gasteiger partial charge in [0.1, 0.15) is 17.8 Å². The molecule has 1 saturated heterocycles. The number of nitrogens with one attached hydrogen (secondary N) is 2. The summed E-state index contributed by atoms with van der Waals surface area (Å²) in [5, 5.41) is 4.97. The van der Waals surface area contributed by atoms with Gasteiger partial charge in [-0.1, -0.05) is 24.3 Å². The predicted octanol–water partition coefficient (Wildman–Crippen LogP) is 4.02. The number of hydrogen-bond acceptors (Lipinski definition) is 5. The van der Waals surface area contributed by atoms with E-state index in [1.165, 1.54) is 29.7 Å². The lowest BCUT2D eigenvalue weighted by molar-refractivity contribution is -0.0289. The quantitative estimate of drug-likeness (QED) is 0.689. The number of ether oxygens (including phenoxy) is 1. The Kier molecular flexibility index (Phi) is 4.50. The summed E-state index contributed by atoms with van der Waals surface area (Å²) in [6, 6.07) is 12.2. The summed E-state index contributed by atoms with van der Waals surface area (Å²) in [7, 11) is 0. The Hall–Kier alpha value is -2.44. The maximum Gasteiger partial charge on any atom is 0.143 e. The Morgan fingerprint density at radius 2 is 2.07 bits per heavy atom. The number of morpholine rings is 1. The van der Waals surface area contributed by atoms with Gasteiger partial charge in [-0.25, -0.2) is 9.97 Å². The van der Waals surface area contributed by atoms with Crippen molar-refractivity contribution in [1.29, 1.82) is 0 Å². The van der Waals surface area contributed by atoms with Gasteiger partial charge >= 0.3 is 0 Å². The Morgan fingerprint density at radius 1 is 1.17 bits per heavy atom. The smallest absolute Gasteiger partial charge is 0.143 e. The molecule has 0 unspecified atom stereocenters. The molecule has 30 heavy (non-hydrogen) atoms. The largest absolute Gasteiger partial charge is 0.379 e. The lowest BCUT2D eigenvalue weighted by Crippen LogP contribution is -2.53. The molecule has 2 aromatic heterocycles. The van der Waals surface area contributed by atoms with Crippen LogP contribution in [-0.2, 0) is 11.2 Å². The summed E-state index contributed by atoms with van der Waals surface area (Å²) in [5.74, 6) is 1.61. The second kappa shape index (κ2) is 7.36. The molecule has 2 aliphatic carbocycles. The summed E-state index contributed by atoms with van der Waals surface area (Å²) in [6.45, 7) is 4.90. The van der Waals surface area contributed by atoms with E-state index in [1.807, 2.05) is 0 Å². The molecule has 6 nitrogen and oxygen atoms in total. The van der Waals surface area contributed by atoms with Crippen LogP contribution in [0.4, 0.5) is 5.82 Å². The highest BCUT2D eigenvalue weighted by Gasteiger charge is 2.37. The normalized spacial score (nSPS) is 27.2. The molecule has 0 bridgehead atoms. The first-order valence-corrected chi connectivity index (χ1v) is 11.3. The van der Waals surface area contributed by atoms with Crippen LogP contribution in [0.25, 0.3) is 11.0 Å². The maximum absolute atomic E-state index is 5.73. The van der Waals surface area contributed by atoms with Gasteiger partial charge in [0.05, 0.1) is 24.6 Å². The highest BCUT2D eigenvalue weighted by Crippen LogP contribution is 2.42. The number of nitrogens with zero attached hydrogens (tertiary/aromatic N) is 3. The molecule has 2 fully saturated rings. The molecule has 3 aliphatic rings. The number of aromatic nitrogens is 3. The number of rotatable bonds is 4. The fraction of sp³-hybridized carbons (Fsp3) is 0.500. The number of aromatic amines is 1. The molecule has 3 heterocycles. The fourth-order valence-electron chi connectivity index (χ4n) is 5.34. The van der Waals surface area contributed by atoms with Crippen molar-refractivity contribution in [3.8, 4) is 0 Å². The molecule has 2 N–H and O–H groups in total. The van der Waals surface area contributed by atoms with E-state index in [0.29, 0.717) is 18.0 Å². The molecule has 6 heteroatoms. The molecule has 0 amide bonds. The first-order chi connectivity index (χ1) is 14.8. The summed E-state index contributed by atoms with van der Waals surface area (Å²) in [5.41, 5.74) is 5.09. The molecule has 6 rings (SSSR count). The third-order valence-corrected chi connectivity index (χ3v) is 7.09. The lowest BCUT2D eigenvalue weighted by Gasteiger charge is -2.45. The van der Waals surface area contributed by atoms with Crippen molar-refractivity contribution in [3.05, 3.63) is 53.5 Å². The van der Waals surface area contributed by atoms with Gasteiger partial charge in [-0.05, 0) is 55.7 Å². The van der Waals surface area contributed by atoms with Crippen LogP contribution in [0.2, 0.25) is 0 Å². The monoisotopic (exact) mass is 403 g/mol. The summed E-state index contributed by atoms with van der Waals surface area (Å²) in [6.07, 6.45) is 6.50. The molecular weight excluding hydrogens is 374 g/mol. The van der Waals surface area contributed by atoms with Gasteiger partial charge in [0, 0.05) is 24.3 Å². The van der Waals surface area contributed by atoms with E-state index >= 15 is 0 Å². The topological polar surface area (TPSA) is 66.1 Å². The number of benzene rings is 1. The summed E-state index contributed by atoms with van der Waals surface area (Å²) < 4.78 is 5.73. The molecule has 3 atom stereocenters. The zero-order valence-electron chi connectivity index (χ0n) is 17.5. The summed E-state index contributed by atoms with van der Waals surface area (Å²) in [4.78, 5) is 15.3. The number of fused-ring (bicyclic) bond motifs is 2. The van der Waals surface area contributed by atoms with Crippen molar-refractivity contribution in [3.63, 3.8) is 0 Å². The minimum atomic E-state index is 0.202. The van der Waals surface area contributed by atoms with Crippen LogP contribution in [0.15, 0.2) is 36.7 Å². The van der Waals surface area contributed by atoms with Crippen LogP contribution >= 0.6 is 0 Å². The second-order valence-corrected chi connectivity index (χ2v) is 9.07. The molecule has 0 radical (unpaired) electrons. The van der Waals surface area contributed by atoms with Crippen molar-refractivity contribution in [2.24, 2.45) is 0 Å². The van der Waals surface area contributed by atoms with Crippen LogP contribution in [-0.4, -0.2) is 51.7 Å². The molecule has 1 saturated carbocycles. The van der Waals surface area contributed by atoms with E-state index in [2.05, 4.69) is 62.4 Å². The number of aryl methyl sites for hydroxylation is 1. The second-order valence-electron chi connectivity index (χ2n) is 9.07. The molecule has 3 aromatic rings. The highest BCUT2D eigenvalue weighted by molar-refractivity contribution is 5.88. The average Bonchev–Trinajstić information content (AvgIpc) is 3.53. The van der Waals surface area contributed by atoms with E-state index in [4.69, 9.17) is 4.74 Å². The number of H-pyrrole nitrogens is 1. The van der Waals surface area contributed by atoms with E-state index in [1.54, 1.807) is 6.33 Å². The molecule has 1 aromatic carbocycles. The Morgan fingerprint density at radius 3 is 2.93 bits per heavy atom. The van der Waals surface area contributed by atoms with Gasteiger partial charge in [-0.15, -0.1) is 0 Å². The predicted molar refractivity (Wildman–Crippen MR) is 118 cm³/mol. The average molecular weight is 404 g/mol. The van der Waals surface area contributed by atoms with Crippen molar-refractivity contribution in [2.75, 3.05) is 25.1 Å². The van der Waals surface area contributed by atoms with Gasteiger partial charge in [-0.3, -0.25) is 4.90 Å². The standard InChI is InChI=1S/C24H29N5O/c1-15-13-30-11-10-29(15)21-9-8-16-4-2-3-5-18(16)22(21)28-24-19-12-20(17-6-7-17)27-23(19)25-14-26-24/h2-5,12,14-15,17,21-22H,6-11,13H2,1H3,(H2,25,26,27,28)/t15-,21+,22+/m1/s1. The molecule has 1 aliphatic heterocycles. The van der Waals surface area contributed by atoms with Gasteiger partial charge in [0.2, 0.25) is 0 Å². The van der Waals surface area contributed by atoms with E-state index < -0.39 is 0 Å². The van der Waals surface area contributed by atoms with Crippen molar-refractivity contribution >= 4 is 16.9 Å². The van der Waals surface area contributed by atoms with Gasteiger partial charge in [0.25, 0.3) is 0 Å². The first kappa shape index (κ1) is 18.3. The Balaban J connectivity index is 1.39. The van der Waals surface area contributed by atoms with Crippen molar-refractivity contribution in [1.82, 2.24) is 19.9 Å². The van der Waals surface area contributed by atoms with Crippen molar-refractivity contribution < 1.29 is 4.74 Å². The number of anilines is 1. The van der Waals surface area contributed by atoms with Crippen LogP contribution in [0, 0.1) is 0 Å². The molecule has 0 spiro atoms. The zero-order chi connectivity index (χ0) is 20.1. The Bertz CT molecular complexity index is 1060. The number of hydrogen-bond donors (Lipinski definition) is 2. The van der Waals surface area contributed by atoms with Gasteiger partial charge in [0.15, 0.2) is 0 Å². The van der Waals surface area contributed by atoms with Crippen molar-refractivity contribution in [2.45, 2.75) is 56.7 Å². The fourth-order valence-corrected chi connectivity index (χ4v) is 5.34. The van der Waals surface area contributed by atoms with Crippen LogP contribution in [0.5, 0.6) is 0 Å². The third-order valence-electron chi connectivity index (χ3n) is 7.09. The van der Waals surface area contributed by atoms with Crippen LogP contribution < -0.4 is 5.32 Å². The van der Waals surface area contributed by atoms with Crippen LogP contribution in [0.3, 0.4) is 0 Å². The zero-order valence-corrected chi connectivity index (χ0v) is 17.5. The first-order valence-electron chi connectivity index (χ1n) is 11.3. The highest BCUT2D eigenvalue weighted by atomic mass is 16.5. The maximum atomic E-state index is 5.73.